The Labute approximate surface area is 201 Å². The lowest BCUT2D eigenvalue weighted by atomic mass is 10.5. The van der Waals surface area contributed by atoms with Crippen LogP contribution in [0, 0.1) is 0 Å². The topological polar surface area (TPSA) is 81.7 Å². The van der Waals surface area contributed by atoms with E-state index < -0.39 is 42.3 Å². The summed E-state index contributed by atoms with van der Waals surface area (Å²) in [5.74, 6) is 0. The first-order chi connectivity index (χ1) is 14.4. The molecular weight excluding hydrogens is 497 g/mol. The zero-order chi connectivity index (χ0) is 25.1. The smallest absolute Gasteiger partial charge is 0.417 e. The van der Waals surface area contributed by atoms with E-state index in [1.165, 1.54) is 6.47 Å². The molecule has 0 atom stereocenters. The first-order valence-corrected chi connectivity index (χ1v) is 26.3. The van der Waals surface area contributed by atoms with Crippen LogP contribution in [-0.2, 0) is 35.5 Å². The van der Waals surface area contributed by atoms with E-state index in [2.05, 4.69) is 76.8 Å². The van der Waals surface area contributed by atoms with Gasteiger partial charge in [-0.25, -0.2) is 4.79 Å². The molecule has 0 saturated heterocycles. The van der Waals surface area contributed by atoms with E-state index in [-0.39, 0.29) is 6.61 Å². The minimum atomic E-state index is -2.39. The molecule has 191 valence electrons. The van der Waals surface area contributed by atoms with Crippen molar-refractivity contribution in [3.05, 3.63) is 0 Å². The molecule has 32 heavy (non-hydrogen) atoms. The van der Waals surface area contributed by atoms with Crippen LogP contribution < -0.4 is 0 Å². The average Bonchev–Trinajstić information content (AvgIpc) is 2.50. The minimum Gasteiger partial charge on any atom is -0.455 e. The van der Waals surface area contributed by atoms with E-state index in [1.54, 1.807) is 0 Å². The molecule has 13 heteroatoms. The molecule has 0 aromatic carbocycles. The first-order valence-electron chi connectivity index (χ1n) is 11.3. The van der Waals surface area contributed by atoms with Crippen LogP contribution in [0.5, 0.6) is 0 Å². The Kier molecular flexibility index (Phi) is 14.2. The normalized spacial score (nSPS) is 14.0. The Bertz CT molecular complexity index is 538. The van der Waals surface area contributed by atoms with E-state index in [0.717, 1.165) is 12.5 Å². The number of hydrogen-bond donors (Lipinski definition) is 0. The molecule has 0 heterocycles. The van der Waals surface area contributed by atoms with Crippen molar-refractivity contribution in [2.75, 3.05) is 33.0 Å². The summed E-state index contributed by atoms with van der Waals surface area (Å²) in [6.45, 7) is 27.3. The highest BCUT2D eigenvalue weighted by Crippen LogP contribution is 2.27. The molecule has 1 radical (unpaired) electrons. The molecular formula is C19H47O8Si5. The Morgan fingerprint density at radius 3 is 1.50 bits per heavy atom. The second kappa shape index (κ2) is 14.0. The van der Waals surface area contributed by atoms with E-state index in [9.17, 15) is 4.79 Å². The van der Waals surface area contributed by atoms with Gasteiger partial charge < -0.3 is 30.7 Å². The average molecular weight is 544 g/mol. The molecule has 0 spiro atoms. The highest BCUT2D eigenvalue weighted by atomic mass is 28.5. The lowest BCUT2D eigenvalue weighted by Gasteiger charge is -2.42. The summed E-state index contributed by atoms with van der Waals surface area (Å²) < 4.78 is 41.4. The Hall–Kier alpha value is 0.314. The van der Waals surface area contributed by atoms with Gasteiger partial charge in [-0.15, -0.1) is 0 Å². The third kappa shape index (κ3) is 18.7. The van der Waals surface area contributed by atoms with E-state index in [1.807, 2.05) is 0 Å². The van der Waals surface area contributed by atoms with Gasteiger partial charge in [0.15, 0.2) is 16.6 Å². The highest BCUT2D eigenvalue weighted by molar-refractivity contribution is 6.90. The van der Waals surface area contributed by atoms with Gasteiger partial charge in [-0.05, 0) is 84.5 Å². The van der Waals surface area contributed by atoms with E-state index >= 15 is 0 Å². The van der Waals surface area contributed by atoms with Crippen molar-refractivity contribution in [3.8, 4) is 0 Å². The summed E-state index contributed by atoms with van der Waals surface area (Å²) in [5, 5.41) is 0. The standard InChI is InChI=1S/C19H47O8Si5/c1-28(2,3)24-30(6,7)26-32(10,11)27-31(8,9)25-29(4,5)18-12-13-21-14-15-22-16-17-23-19-20/h12-18H2,1-11H3. The summed E-state index contributed by atoms with van der Waals surface area (Å²) in [5.41, 5.74) is 0. The first kappa shape index (κ1) is 32.3. The van der Waals surface area contributed by atoms with Crippen LogP contribution in [0.4, 0.5) is 0 Å². The summed E-state index contributed by atoms with van der Waals surface area (Å²) >= 11 is 0. The molecule has 8 nitrogen and oxygen atoms in total. The van der Waals surface area contributed by atoms with Crippen LogP contribution >= 0.6 is 0 Å². The molecule has 0 aliphatic carbocycles. The zero-order valence-corrected chi connectivity index (χ0v) is 27.2. The quantitative estimate of drug-likeness (QED) is 0.171. The van der Waals surface area contributed by atoms with Gasteiger partial charge in [-0.2, -0.15) is 0 Å². The fourth-order valence-electron chi connectivity index (χ4n) is 3.76. The maximum atomic E-state index is 9.90. The lowest BCUT2D eigenvalue weighted by molar-refractivity contribution is 0.0345. The third-order valence-electron chi connectivity index (χ3n) is 3.89. The van der Waals surface area contributed by atoms with Crippen molar-refractivity contribution in [1.82, 2.24) is 0 Å². The molecule has 0 rings (SSSR count). The molecule has 0 aliphatic rings. The maximum Gasteiger partial charge on any atom is 0.417 e. The van der Waals surface area contributed by atoms with Gasteiger partial charge in [-0.1, -0.05) is 0 Å². The lowest BCUT2D eigenvalue weighted by Crippen LogP contribution is -2.58. The molecule has 0 N–H and O–H groups in total. The predicted molar refractivity (Wildman–Crippen MR) is 140 cm³/mol. The SMILES string of the molecule is C[Si](C)(C)O[Si](C)(C)O[Si](C)(C)O[Si](C)(C)O[Si](C)(C)CCCOCCOCCO[C]=O. The number of hydrogen-bond acceptors (Lipinski definition) is 8. The maximum absolute atomic E-state index is 9.90. The molecule has 0 unspecified atom stereocenters. The Morgan fingerprint density at radius 1 is 0.562 bits per heavy atom. The molecule has 0 aromatic heterocycles. The van der Waals surface area contributed by atoms with Gasteiger partial charge >= 0.3 is 32.2 Å². The Morgan fingerprint density at radius 2 is 1.00 bits per heavy atom. The van der Waals surface area contributed by atoms with Crippen LogP contribution in [0.25, 0.3) is 0 Å². The summed E-state index contributed by atoms with van der Waals surface area (Å²) in [7, 11) is -10.6. The van der Waals surface area contributed by atoms with Gasteiger partial charge in [0.1, 0.15) is 6.61 Å². The highest BCUT2D eigenvalue weighted by Gasteiger charge is 2.45. The Balaban J connectivity index is 4.39. The monoisotopic (exact) mass is 543 g/mol. The fourth-order valence-corrected chi connectivity index (χ4v) is 27.5. The van der Waals surface area contributed by atoms with Gasteiger partial charge in [0, 0.05) is 6.61 Å². The van der Waals surface area contributed by atoms with E-state index in [0.29, 0.717) is 26.4 Å². The van der Waals surface area contributed by atoms with Crippen molar-refractivity contribution >= 4 is 48.8 Å². The molecule has 0 amide bonds. The zero-order valence-electron chi connectivity index (χ0n) is 22.2. The summed E-state index contributed by atoms with van der Waals surface area (Å²) in [6, 6.07) is 0.998. The summed E-state index contributed by atoms with van der Waals surface area (Å²) in [4.78, 5) is 9.90. The van der Waals surface area contributed by atoms with Crippen LogP contribution in [0.2, 0.25) is 78.1 Å². The van der Waals surface area contributed by atoms with E-state index in [4.69, 9.17) is 25.9 Å². The second-order valence-electron chi connectivity index (χ2n) is 10.7. The number of ether oxygens (including phenoxy) is 3. The predicted octanol–water partition coefficient (Wildman–Crippen LogP) is 4.71. The molecule has 0 fully saturated rings. The van der Waals surface area contributed by atoms with Crippen molar-refractivity contribution < 1.29 is 35.5 Å². The van der Waals surface area contributed by atoms with Crippen LogP contribution in [-0.4, -0.2) is 81.8 Å². The minimum absolute atomic E-state index is 0.220. The fraction of sp³-hybridized carbons (Fsp3) is 0.947. The van der Waals surface area contributed by atoms with Gasteiger partial charge in [-0.3, -0.25) is 0 Å². The summed E-state index contributed by atoms with van der Waals surface area (Å²) in [6.07, 6.45) is 0.939. The van der Waals surface area contributed by atoms with Crippen molar-refractivity contribution in [1.29, 1.82) is 0 Å². The molecule has 0 aliphatic heterocycles. The molecule has 0 bridgehead atoms. The molecule has 0 saturated carbocycles. The number of rotatable bonds is 19. The second-order valence-corrected chi connectivity index (χ2v) is 30.6. The van der Waals surface area contributed by atoms with Crippen molar-refractivity contribution in [2.24, 2.45) is 0 Å². The van der Waals surface area contributed by atoms with Crippen LogP contribution in [0.1, 0.15) is 6.42 Å². The van der Waals surface area contributed by atoms with Gasteiger partial charge in [0.05, 0.1) is 19.8 Å². The van der Waals surface area contributed by atoms with Crippen LogP contribution in [0.3, 0.4) is 0 Å². The molecule has 0 aromatic rings. The van der Waals surface area contributed by atoms with Crippen molar-refractivity contribution in [3.63, 3.8) is 0 Å². The van der Waals surface area contributed by atoms with Gasteiger partial charge in [0.25, 0.3) is 0 Å². The van der Waals surface area contributed by atoms with Gasteiger partial charge in [0.2, 0.25) is 0 Å². The van der Waals surface area contributed by atoms with Crippen LogP contribution in [0.15, 0.2) is 0 Å². The largest absolute Gasteiger partial charge is 0.455 e. The third-order valence-corrected chi connectivity index (χ3v) is 21.9. The van der Waals surface area contributed by atoms with Crippen molar-refractivity contribution in [2.45, 2.75) is 84.5 Å². The number of carbonyl (C=O) groups excluding carboxylic acids is 1.